The Hall–Kier alpha value is -0.0900. The van der Waals surface area contributed by atoms with Crippen LogP contribution in [0.3, 0.4) is 0 Å². The molecule has 2 aliphatic rings. The van der Waals surface area contributed by atoms with E-state index < -0.39 is 9.84 Å². The number of aliphatic imine (C=N–C) groups is 1. The van der Waals surface area contributed by atoms with Gasteiger partial charge in [0, 0.05) is 32.7 Å². The smallest absolute Gasteiger partial charge is 0.193 e. The molecule has 1 atom stereocenters. The Morgan fingerprint density at radius 3 is 2.35 bits per heavy atom. The molecule has 1 N–H and O–H groups in total. The largest absolute Gasteiger partial charge is 0.356 e. The molecule has 0 aromatic heterocycles. The second-order valence-electron chi connectivity index (χ2n) is 7.03. The van der Waals surface area contributed by atoms with Crippen molar-refractivity contribution in [2.45, 2.75) is 31.2 Å². The predicted octanol–water partition coefficient (Wildman–Crippen LogP) is 1.03. The van der Waals surface area contributed by atoms with E-state index in [1.165, 1.54) is 19.3 Å². The predicted molar refractivity (Wildman–Crippen MR) is 106 cm³/mol. The van der Waals surface area contributed by atoms with E-state index in [1.807, 2.05) is 0 Å². The number of nitrogens with one attached hydrogen (secondary N) is 1. The topological polar surface area (TPSA) is 65.0 Å². The van der Waals surface area contributed by atoms with Crippen molar-refractivity contribution in [3.05, 3.63) is 0 Å². The maximum absolute atomic E-state index is 11.5. The standard InChI is InChI=1S/C15H30N4O2S.HI/c1-16-14(17-10-13-6-9-22(20,21)11-13)19(4)12-15(18(2)3)7-5-8-15;/h13H,5-12H2,1-4H3,(H,16,17);1H. The average molecular weight is 458 g/mol. The molecule has 0 spiro atoms. The number of hydrogen-bond donors (Lipinski definition) is 1. The maximum atomic E-state index is 11.5. The highest BCUT2D eigenvalue weighted by atomic mass is 127. The van der Waals surface area contributed by atoms with Gasteiger partial charge in [0.05, 0.1) is 11.5 Å². The summed E-state index contributed by atoms with van der Waals surface area (Å²) in [6.07, 6.45) is 4.50. The summed E-state index contributed by atoms with van der Waals surface area (Å²) in [5, 5.41) is 3.35. The fraction of sp³-hybridized carbons (Fsp3) is 0.933. The fourth-order valence-corrected chi connectivity index (χ4v) is 5.36. The lowest BCUT2D eigenvalue weighted by molar-refractivity contribution is 0.0423. The second kappa shape index (κ2) is 8.33. The van der Waals surface area contributed by atoms with Crippen LogP contribution in [0.5, 0.6) is 0 Å². The van der Waals surface area contributed by atoms with E-state index in [-0.39, 0.29) is 35.4 Å². The van der Waals surface area contributed by atoms with Gasteiger partial charge >= 0.3 is 0 Å². The SMILES string of the molecule is CN=C(NCC1CCS(=O)(=O)C1)N(C)CC1(N(C)C)CCC1.I. The molecule has 0 aromatic carbocycles. The van der Waals surface area contributed by atoms with E-state index in [9.17, 15) is 8.42 Å². The molecular weight excluding hydrogens is 427 g/mol. The van der Waals surface area contributed by atoms with Gasteiger partial charge in [0.2, 0.25) is 0 Å². The molecule has 1 unspecified atom stereocenters. The molecule has 0 amide bonds. The average Bonchev–Trinajstić information content (AvgIpc) is 2.73. The van der Waals surface area contributed by atoms with Crippen LogP contribution in [0, 0.1) is 5.92 Å². The van der Waals surface area contributed by atoms with Gasteiger partial charge in [-0.15, -0.1) is 24.0 Å². The number of guanidine groups is 1. The van der Waals surface area contributed by atoms with Crippen LogP contribution < -0.4 is 5.32 Å². The maximum Gasteiger partial charge on any atom is 0.193 e. The molecule has 1 saturated carbocycles. The molecule has 1 aliphatic heterocycles. The number of rotatable bonds is 5. The molecule has 1 heterocycles. The molecule has 2 rings (SSSR count). The summed E-state index contributed by atoms with van der Waals surface area (Å²) in [5.74, 6) is 1.71. The van der Waals surface area contributed by atoms with Gasteiger partial charge in [0.25, 0.3) is 0 Å². The first kappa shape index (κ1) is 21.0. The summed E-state index contributed by atoms with van der Waals surface area (Å²) >= 11 is 0. The zero-order valence-electron chi connectivity index (χ0n) is 14.7. The highest BCUT2D eigenvalue weighted by Gasteiger charge is 2.40. The van der Waals surface area contributed by atoms with Crippen LogP contribution >= 0.6 is 24.0 Å². The molecule has 0 radical (unpaired) electrons. The summed E-state index contributed by atoms with van der Waals surface area (Å²) in [6, 6.07) is 0. The summed E-state index contributed by atoms with van der Waals surface area (Å²) in [4.78, 5) is 8.84. The lowest BCUT2D eigenvalue weighted by Crippen LogP contribution is -2.58. The first-order valence-electron chi connectivity index (χ1n) is 8.08. The van der Waals surface area contributed by atoms with E-state index in [2.05, 4.69) is 41.3 Å². The Balaban J connectivity index is 0.00000264. The summed E-state index contributed by atoms with van der Waals surface area (Å²) in [5.41, 5.74) is 0.253. The van der Waals surface area contributed by atoms with Crippen molar-refractivity contribution in [3.63, 3.8) is 0 Å². The van der Waals surface area contributed by atoms with Gasteiger partial charge in [-0.2, -0.15) is 0 Å². The van der Waals surface area contributed by atoms with Gasteiger partial charge in [0.1, 0.15) is 0 Å². The molecule has 6 nitrogen and oxygen atoms in total. The minimum absolute atomic E-state index is 0. The lowest BCUT2D eigenvalue weighted by Gasteiger charge is -2.49. The van der Waals surface area contributed by atoms with Crippen molar-refractivity contribution in [3.8, 4) is 0 Å². The number of sulfone groups is 1. The van der Waals surface area contributed by atoms with E-state index in [4.69, 9.17) is 0 Å². The molecule has 2 fully saturated rings. The third kappa shape index (κ3) is 5.19. The molecule has 1 aliphatic carbocycles. The van der Waals surface area contributed by atoms with Gasteiger partial charge in [0.15, 0.2) is 15.8 Å². The summed E-state index contributed by atoms with van der Waals surface area (Å²) in [7, 11) is 5.33. The van der Waals surface area contributed by atoms with Gasteiger partial charge in [-0.1, -0.05) is 0 Å². The highest BCUT2D eigenvalue weighted by Crippen LogP contribution is 2.36. The molecule has 1 saturated heterocycles. The van der Waals surface area contributed by atoms with Crippen molar-refractivity contribution >= 4 is 39.8 Å². The Bertz CT molecular complexity index is 518. The second-order valence-corrected chi connectivity index (χ2v) is 9.25. The molecule has 0 bridgehead atoms. The minimum Gasteiger partial charge on any atom is -0.356 e. The van der Waals surface area contributed by atoms with Gasteiger partial charge in [-0.25, -0.2) is 8.42 Å². The first-order chi connectivity index (χ1) is 10.3. The highest BCUT2D eigenvalue weighted by molar-refractivity contribution is 14.0. The first-order valence-corrected chi connectivity index (χ1v) is 9.90. The third-order valence-corrected chi connectivity index (χ3v) is 7.05. The molecular formula is C15H31IN4O2S. The molecule has 136 valence electrons. The van der Waals surface area contributed by atoms with Crippen molar-refractivity contribution in [2.24, 2.45) is 10.9 Å². The number of hydrogen-bond acceptors (Lipinski definition) is 4. The van der Waals surface area contributed by atoms with Crippen molar-refractivity contribution < 1.29 is 8.42 Å². The zero-order chi connectivity index (χ0) is 16.4. The molecule has 8 heteroatoms. The summed E-state index contributed by atoms with van der Waals surface area (Å²) < 4.78 is 23.0. The zero-order valence-corrected chi connectivity index (χ0v) is 17.9. The van der Waals surface area contributed by atoms with Crippen LogP contribution in [0.15, 0.2) is 4.99 Å². The van der Waals surface area contributed by atoms with Crippen LogP contribution in [-0.2, 0) is 9.84 Å². The van der Waals surface area contributed by atoms with Gasteiger partial charge in [-0.3, -0.25) is 4.99 Å². The lowest BCUT2D eigenvalue weighted by atomic mass is 9.75. The van der Waals surface area contributed by atoms with E-state index >= 15 is 0 Å². The molecule has 23 heavy (non-hydrogen) atoms. The van der Waals surface area contributed by atoms with Crippen LogP contribution in [0.2, 0.25) is 0 Å². The minimum atomic E-state index is -2.81. The van der Waals surface area contributed by atoms with Crippen LogP contribution in [-0.4, -0.2) is 82.5 Å². The Morgan fingerprint density at radius 2 is 1.96 bits per heavy atom. The number of likely N-dealkylation sites (N-methyl/N-ethyl adjacent to an activating group) is 2. The van der Waals surface area contributed by atoms with E-state index in [1.54, 1.807) is 7.05 Å². The normalized spacial score (nSPS) is 25.6. The van der Waals surface area contributed by atoms with Crippen molar-refractivity contribution in [1.29, 1.82) is 0 Å². The third-order valence-electron chi connectivity index (χ3n) is 5.21. The number of halogens is 1. The number of nitrogens with zero attached hydrogens (tertiary/aromatic N) is 3. The summed E-state index contributed by atoms with van der Waals surface area (Å²) in [6.45, 7) is 1.63. The monoisotopic (exact) mass is 458 g/mol. The quantitative estimate of drug-likeness (QED) is 0.379. The van der Waals surface area contributed by atoms with Crippen LogP contribution in [0.1, 0.15) is 25.7 Å². The Kier molecular flexibility index (Phi) is 7.59. The van der Waals surface area contributed by atoms with Crippen LogP contribution in [0.4, 0.5) is 0 Å². The van der Waals surface area contributed by atoms with Crippen molar-refractivity contribution in [2.75, 3.05) is 52.8 Å². The fourth-order valence-electron chi connectivity index (χ4n) is 3.50. The Labute approximate surface area is 158 Å². The van der Waals surface area contributed by atoms with Gasteiger partial charge < -0.3 is 15.1 Å². The van der Waals surface area contributed by atoms with Crippen LogP contribution in [0.25, 0.3) is 0 Å². The van der Waals surface area contributed by atoms with E-state index in [0.717, 1.165) is 18.9 Å². The van der Waals surface area contributed by atoms with Crippen molar-refractivity contribution in [1.82, 2.24) is 15.1 Å². The molecule has 0 aromatic rings. The Morgan fingerprint density at radius 1 is 1.30 bits per heavy atom. The van der Waals surface area contributed by atoms with Gasteiger partial charge in [-0.05, 0) is 45.7 Å². The van der Waals surface area contributed by atoms with E-state index in [0.29, 0.717) is 18.1 Å².